The number of rotatable bonds is 6. The van der Waals surface area contributed by atoms with Gasteiger partial charge < -0.3 is 14.7 Å². The summed E-state index contributed by atoms with van der Waals surface area (Å²) in [7, 11) is 0. The Kier molecular flexibility index (Phi) is 6.13. The molecule has 2 aromatic rings. The van der Waals surface area contributed by atoms with E-state index in [0.717, 1.165) is 23.6 Å². The molecule has 27 heavy (non-hydrogen) atoms. The number of fused-ring (bicyclic) bond motifs is 2. The zero-order chi connectivity index (χ0) is 18.5. The number of ether oxygens (including phenoxy) is 1. The number of unbranched alkanes of at least 4 members (excludes halogenated alkanes) is 1. The first-order chi connectivity index (χ1) is 13.3. The molecule has 0 bridgehead atoms. The van der Waals surface area contributed by atoms with Crippen LogP contribution in [0.2, 0.25) is 0 Å². The van der Waals surface area contributed by atoms with Crippen LogP contribution in [0.5, 0.6) is 11.6 Å². The number of phenols is 1. The van der Waals surface area contributed by atoms with Crippen LogP contribution in [0.15, 0.2) is 30.3 Å². The van der Waals surface area contributed by atoms with E-state index < -0.39 is 0 Å². The van der Waals surface area contributed by atoms with E-state index in [1.165, 1.54) is 64.6 Å². The number of hydrogen-bond donors (Lipinski definition) is 1. The lowest BCUT2D eigenvalue weighted by molar-refractivity contribution is 0.110. The van der Waals surface area contributed by atoms with Gasteiger partial charge in [-0.05, 0) is 62.7 Å². The van der Waals surface area contributed by atoms with Crippen molar-refractivity contribution in [2.45, 2.75) is 51.4 Å². The van der Waals surface area contributed by atoms with E-state index in [9.17, 15) is 5.11 Å². The normalized spacial score (nSPS) is 23.7. The quantitative estimate of drug-likeness (QED) is 0.729. The molecule has 1 aromatic heterocycles. The molecule has 2 unspecified atom stereocenters. The maximum absolute atomic E-state index is 9.93. The van der Waals surface area contributed by atoms with E-state index in [0.29, 0.717) is 18.0 Å². The van der Waals surface area contributed by atoms with Crippen LogP contribution < -0.4 is 4.74 Å². The summed E-state index contributed by atoms with van der Waals surface area (Å²) in [6.45, 7) is 4.48. The van der Waals surface area contributed by atoms with Crippen LogP contribution >= 0.6 is 0 Å². The molecule has 2 fully saturated rings. The number of hydrogen-bond acceptors (Lipinski definition) is 4. The summed E-state index contributed by atoms with van der Waals surface area (Å²) in [6, 6.07) is 9.28. The maximum Gasteiger partial charge on any atom is 0.213 e. The second kappa shape index (κ2) is 8.92. The van der Waals surface area contributed by atoms with Gasteiger partial charge in [0.25, 0.3) is 0 Å². The third kappa shape index (κ3) is 4.73. The zero-order valence-corrected chi connectivity index (χ0v) is 16.3. The third-order valence-corrected chi connectivity index (χ3v) is 6.42. The highest BCUT2D eigenvalue weighted by atomic mass is 16.5. The van der Waals surface area contributed by atoms with E-state index in [1.54, 1.807) is 6.07 Å². The lowest BCUT2D eigenvalue weighted by Gasteiger charge is -2.38. The minimum Gasteiger partial charge on any atom is -0.506 e. The lowest BCUT2D eigenvalue weighted by atomic mass is 9.82. The largest absolute Gasteiger partial charge is 0.506 e. The molecular formula is C23H32N2O2. The number of aromatic hydroxyl groups is 1. The number of phenolic OH excluding ortho intramolecular Hbond substituents is 1. The number of likely N-dealkylation sites (tertiary alicyclic amines) is 1. The third-order valence-electron chi connectivity index (χ3n) is 6.42. The lowest BCUT2D eigenvalue weighted by Crippen LogP contribution is -2.40. The molecule has 2 aliphatic rings. The highest BCUT2D eigenvalue weighted by molar-refractivity contribution is 5.84. The number of pyridine rings is 1. The molecule has 1 saturated heterocycles. The Morgan fingerprint density at radius 3 is 2.81 bits per heavy atom. The second-order valence-corrected chi connectivity index (χ2v) is 8.30. The summed E-state index contributed by atoms with van der Waals surface area (Å²) >= 11 is 0. The number of benzene rings is 1. The van der Waals surface area contributed by atoms with Gasteiger partial charge >= 0.3 is 0 Å². The van der Waals surface area contributed by atoms with Gasteiger partial charge in [0.2, 0.25) is 5.88 Å². The Labute approximate surface area is 162 Å². The summed E-state index contributed by atoms with van der Waals surface area (Å²) in [5.74, 6) is 2.76. The molecule has 1 aromatic carbocycles. The fourth-order valence-corrected chi connectivity index (χ4v) is 4.86. The molecule has 2 atom stereocenters. The molecular weight excluding hydrogens is 336 g/mol. The molecule has 0 amide bonds. The smallest absolute Gasteiger partial charge is 0.213 e. The molecule has 4 heteroatoms. The average Bonchev–Trinajstić information content (AvgIpc) is 2.93. The topological polar surface area (TPSA) is 45.6 Å². The summed E-state index contributed by atoms with van der Waals surface area (Å²) in [5.41, 5.74) is 0.612. The number of nitrogens with zero attached hydrogens (tertiary/aromatic N) is 2. The molecule has 4 nitrogen and oxygen atoms in total. The van der Waals surface area contributed by atoms with Crippen molar-refractivity contribution in [3.63, 3.8) is 0 Å². The predicted molar refractivity (Wildman–Crippen MR) is 109 cm³/mol. The number of aromatic nitrogens is 1. The molecule has 4 rings (SSSR count). The van der Waals surface area contributed by atoms with E-state index in [-0.39, 0.29) is 5.75 Å². The van der Waals surface area contributed by atoms with Gasteiger partial charge in [-0.1, -0.05) is 37.8 Å². The number of piperidine rings is 1. The van der Waals surface area contributed by atoms with Gasteiger partial charge in [0, 0.05) is 18.0 Å². The van der Waals surface area contributed by atoms with Crippen LogP contribution in [0.25, 0.3) is 10.9 Å². The Bertz CT molecular complexity index is 748. The molecule has 1 aliphatic heterocycles. The van der Waals surface area contributed by atoms with Crippen molar-refractivity contribution in [1.29, 1.82) is 0 Å². The highest BCUT2D eigenvalue weighted by Gasteiger charge is 2.29. The van der Waals surface area contributed by atoms with Crippen molar-refractivity contribution in [2.75, 3.05) is 26.2 Å². The van der Waals surface area contributed by atoms with E-state index in [2.05, 4.69) is 9.88 Å². The maximum atomic E-state index is 9.93. The Morgan fingerprint density at radius 2 is 1.89 bits per heavy atom. The Balaban J connectivity index is 1.19. The van der Waals surface area contributed by atoms with Crippen LogP contribution in [0.4, 0.5) is 0 Å². The van der Waals surface area contributed by atoms with Crippen molar-refractivity contribution in [1.82, 2.24) is 9.88 Å². The summed E-state index contributed by atoms with van der Waals surface area (Å²) in [5, 5.41) is 10.9. The van der Waals surface area contributed by atoms with Gasteiger partial charge in [0.1, 0.15) is 11.3 Å². The summed E-state index contributed by atoms with van der Waals surface area (Å²) in [6.07, 6.45) is 10.9. The van der Waals surface area contributed by atoms with Gasteiger partial charge in [0.05, 0.1) is 6.61 Å². The van der Waals surface area contributed by atoms with E-state index in [1.807, 2.05) is 24.3 Å². The Hall–Kier alpha value is -1.81. The molecule has 1 saturated carbocycles. The van der Waals surface area contributed by atoms with Crippen LogP contribution in [-0.2, 0) is 0 Å². The fraction of sp³-hybridized carbons (Fsp3) is 0.609. The minimum atomic E-state index is 0.208. The van der Waals surface area contributed by atoms with Gasteiger partial charge in [-0.15, -0.1) is 0 Å². The van der Waals surface area contributed by atoms with Gasteiger partial charge in [-0.3, -0.25) is 0 Å². The SMILES string of the molecule is Oc1cccc2ccc(OCCCCN3CCC4CCCCCC4C3)nc12. The number of para-hydroxylation sites is 1. The van der Waals surface area contributed by atoms with Crippen LogP contribution in [0.1, 0.15) is 51.4 Å². The Morgan fingerprint density at radius 1 is 1.00 bits per heavy atom. The summed E-state index contributed by atoms with van der Waals surface area (Å²) < 4.78 is 5.82. The van der Waals surface area contributed by atoms with Crippen molar-refractivity contribution >= 4 is 10.9 Å². The predicted octanol–water partition coefficient (Wildman–Crippen LogP) is 5.00. The van der Waals surface area contributed by atoms with E-state index >= 15 is 0 Å². The molecule has 1 N–H and O–H groups in total. The van der Waals surface area contributed by atoms with Gasteiger partial charge in [0.15, 0.2) is 0 Å². The van der Waals surface area contributed by atoms with E-state index in [4.69, 9.17) is 4.74 Å². The highest BCUT2D eigenvalue weighted by Crippen LogP contribution is 2.35. The van der Waals surface area contributed by atoms with Crippen molar-refractivity contribution < 1.29 is 9.84 Å². The van der Waals surface area contributed by atoms with Crippen LogP contribution in [-0.4, -0.2) is 41.2 Å². The minimum absolute atomic E-state index is 0.208. The van der Waals surface area contributed by atoms with Gasteiger partial charge in [-0.25, -0.2) is 4.98 Å². The molecule has 1 aliphatic carbocycles. The van der Waals surface area contributed by atoms with Crippen molar-refractivity contribution in [3.8, 4) is 11.6 Å². The first-order valence-corrected chi connectivity index (χ1v) is 10.7. The monoisotopic (exact) mass is 368 g/mol. The fourth-order valence-electron chi connectivity index (χ4n) is 4.86. The van der Waals surface area contributed by atoms with Crippen LogP contribution in [0, 0.1) is 11.8 Å². The average molecular weight is 369 g/mol. The van der Waals surface area contributed by atoms with Crippen LogP contribution in [0.3, 0.4) is 0 Å². The van der Waals surface area contributed by atoms with Crippen molar-refractivity contribution in [3.05, 3.63) is 30.3 Å². The first kappa shape index (κ1) is 18.5. The standard InChI is InChI=1S/C23H32N2O2/c26-21-10-6-9-19-11-12-22(24-23(19)21)27-16-5-4-14-25-15-13-18-7-2-1-3-8-20(18)17-25/h6,9-12,18,20,26H,1-5,7-8,13-17H2. The molecule has 0 radical (unpaired) electrons. The zero-order valence-electron chi connectivity index (χ0n) is 16.3. The first-order valence-electron chi connectivity index (χ1n) is 10.7. The van der Waals surface area contributed by atoms with Crippen molar-refractivity contribution in [2.24, 2.45) is 11.8 Å². The van der Waals surface area contributed by atoms with Gasteiger partial charge in [-0.2, -0.15) is 0 Å². The molecule has 0 spiro atoms. The molecule has 2 heterocycles. The second-order valence-electron chi connectivity index (χ2n) is 8.30. The summed E-state index contributed by atoms with van der Waals surface area (Å²) in [4.78, 5) is 7.11. The molecule has 146 valence electrons.